The van der Waals surface area contributed by atoms with Gasteiger partial charge in [-0.1, -0.05) is 11.6 Å². The summed E-state index contributed by atoms with van der Waals surface area (Å²) >= 11 is 5.86. The lowest BCUT2D eigenvalue weighted by Gasteiger charge is -2.32. The van der Waals surface area contributed by atoms with Gasteiger partial charge in [0.2, 0.25) is 5.91 Å². The van der Waals surface area contributed by atoms with Crippen molar-refractivity contribution >= 4 is 35.0 Å². The summed E-state index contributed by atoms with van der Waals surface area (Å²) in [5.41, 5.74) is -1.53. The zero-order chi connectivity index (χ0) is 17.4. The van der Waals surface area contributed by atoms with Crippen molar-refractivity contribution < 1.29 is 24.3 Å². The summed E-state index contributed by atoms with van der Waals surface area (Å²) in [6, 6.07) is 5.94. The number of fused-ring (bicyclic) bond motifs is 1. The number of carbonyl (C=O) groups excluding carboxylic acids is 3. The molecule has 1 amide bonds. The fraction of sp³-hybridized carbons (Fsp3) is 0.267. The van der Waals surface area contributed by atoms with E-state index >= 15 is 0 Å². The van der Waals surface area contributed by atoms with Crippen LogP contribution in [0.3, 0.4) is 0 Å². The molecular formula is C15H11ClN2O5. The van der Waals surface area contributed by atoms with Crippen LogP contribution in [0.5, 0.6) is 0 Å². The molecule has 2 N–H and O–H groups in total. The van der Waals surface area contributed by atoms with Crippen molar-refractivity contribution in [2.45, 2.75) is 12.3 Å². The first kappa shape index (κ1) is 16.6. The second kappa shape index (κ2) is 5.82. The van der Waals surface area contributed by atoms with Crippen molar-refractivity contribution in [1.29, 1.82) is 5.26 Å². The van der Waals surface area contributed by atoms with Gasteiger partial charge >= 0.3 is 5.97 Å². The average molecular weight is 335 g/mol. The summed E-state index contributed by atoms with van der Waals surface area (Å²) in [5, 5.41) is 20.2. The molecule has 23 heavy (non-hydrogen) atoms. The number of benzene rings is 1. The van der Waals surface area contributed by atoms with Gasteiger partial charge in [-0.15, -0.1) is 0 Å². The number of nitrogens with one attached hydrogen (secondary N) is 1. The summed E-state index contributed by atoms with van der Waals surface area (Å²) in [5.74, 6) is -5.79. The van der Waals surface area contributed by atoms with Crippen LogP contribution in [-0.2, 0) is 19.8 Å². The average Bonchev–Trinajstić information content (AvgIpc) is 2.50. The number of carboxylic acids is 1. The number of Topliss-reactive ketones (excluding diaryl/α,β-unsaturated/α-hetero) is 2. The maximum absolute atomic E-state index is 12.6. The van der Waals surface area contributed by atoms with Crippen LogP contribution in [0.25, 0.3) is 0 Å². The molecule has 0 fully saturated rings. The Morgan fingerprint density at radius 1 is 1.43 bits per heavy atom. The summed E-state index contributed by atoms with van der Waals surface area (Å²) in [7, 11) is 0. The summed E-state index contributed by atoms with van der Waals surface area (Å²) < 4.78 is 0. The van der Waals surface area contributed by atoms with E-state index in [0.29, 0.717) is 0 Å². The van der Waals surface area contributed by atoms with Crippen LogP contribution in [0.4, 0.5) is 0 Å². The highest BCUT2D eigenvalue weighted by Gasteiger charge is 2.52. The van der Waals surface area contributed by atoms with Crippen molar-refractivity contribution in [3.63, 3.8) is 0 Å². The number of amides is 1. The normalized spacial score (nSPS) is 22.9. The smallest absolute Gasteiger partial charge is 0.322 e. The first-order valence-electron chi connectivity index (χ1n) is 6.51. The quantitative estimate of drug-likeness (QED) is 0.784. The number of carbonyl (C=O) groups is 4. The second-order valence-electron chi connectivity index (χ2n) is 5.20. The fourth-order valence-electron chi connectivity index (χ4n) is 2.46. The Balaban J connectivity index is 2.53. The third-order valence-corrected chi connectivity index (χ3v) is 3.94. The molecule has 8 heteroatoms. The highest BCUT2D eigenvalue weighted by Crippen LogP contribution is 2.38. The predicted octanol–water partition coefficient (Wildman–Crippen LogP) is 0.704. The molecular weight excluding hydrogens is 324 g/mol. The molecule has 2 rings (SSSR count). The maximum Gasteiger partial charge on any atom is 0.322 e. The lowest BCUT2D eigenvalue weighted by atomic mass is 9.66. The molecule has 118 valence electrons. The van der Waals surface area contributed by atoms with Gasteiger partial charge in [0, 0.05) is 10.6 Å². The largest absolute Gasteiger partial charge is 0.480 e. The molecule has 1 unspecified atom stereocenters. The molecule has 0 bridgehead atoms. The van der Waals surface area contributed by atoms with Gasteiger partial charge in [-0.05, 0) is 30.7 Å². The van der Waals surface area contributed by atoms with E-state index in [9.17, 15) is 24.4 Å². The number of hydrogen-bond acceptors (Lipinski definition) is 5. The molecule has 0 saturated heterocycles. The minimum Gasteiger partial charge on any atom is -0.480 e. The molecule has 0 radical (unpaired) electrons. The molecule has 0 spiro atoms. The number of rotatable bonds is 3. The van der Waals surface area contributed by atoms with Crippen LogP contribution in [0.1, 0.15) is 22.8 Å². The van der Waals surface area contributed by atoms with Crippen LogP contribution < -0.4 is 5.32 Å². The molecule has 1 aromatic rings. The Labute approximate surface area is 135 Å². The van der Waals surface area contributed by atoms with Crippen molar-refractivity contribution in [2.75, 3.05) is 6.54 Å². The molecule has 0 heterocycles. The van der Waals surface area contributed by atoms with Gasteiger partial charge in [0.1, 0.15) is 12.0 Å². The van der Waals surface area contributed by atoms with E-state index in [0.717, 1.165) is 0 Å². The molecule has 1 aliphatic carbocycles. The number of halogens is 1. The topological polar surface area (TPSA) is 124 Å². The zero-order valence-electron chi connectivity index (χ0n) is 11.9. The number of aliphatic carboxylic acids is 1. The SMILES string of the molecule is C[C@@]1(C#N)C(=O)C(C(=O)NCC(=O)O)C(=O)c2ccc(Cl)cc21. The Bertz CT molecular complexity index is 783. The van der Waals surface area contributed by atoms with E-state index in [1.54, 1.807) is 0 Å². The van der Waals surface area contributed by atoms with Crippen molar-refractivity contribution in [3.8, 4) is 6.07 Å². The van der Waals surface area contributed by atoms with E-state index in [2.05, 4.69) is 0 Å². The van der Waals surface area contributed by atoms with Gasteiger partial charge < -0.3 is 10.4 Å². The Morgan fingerprint density at radius 2 is 2.09 bits per heavy atom. The number of hydrogen-bond donors (Lipinski definition) is 2. The lowest BCUT2D eigenvalue weighted by molar-refractivity contribution is -0.140. The van der Waals surface area contributed by atoms with E-state index in [4.69, 9.17) is 16.7 Å². The zero-order valence-corrected chi connectivity index (χ0v) is 12.7. The third kappa shape index (κ3) is 2.69. The highest BCUT2D eigenvalue weighted by atomic mass is 35.5. The minimum absolute atomic E-state index is 0.0496. The molecule has 0 aromatic heterocycles. The molecule has 0 saturated carbocycles. The maximum atomic E-state index is 12.6. The number of nitrogens with zero attached hydrogens (tertiary/aromatic N) is 1. The van der Waals surface area contributed by atoms with Crippen LogP contribution in [0, 0.1) is 17.2 Å². The van der Waals surface area contributed by atoms with E-state index in [-0.39, 0.29) is 16.1 Å². The van der Waals surface area contributed by atoms with Gasteiger partial charge in [-0.25, -0.2) is 0 Å². The third-order valence-electron chi connectivity index (χ3n) is 3.70. The predicted molar refractivity (Wildman–Crippen MR) is 77.9 cm³/mol. The van der Waals surface area contributed by atoms with Gasteiger partial charge in [-0.3, -0.25) is 19.2 Å². The summed E-state index contributed by atoms with van der Waals surface area (Å²) in [6.07, 6.45) is 0. The van der Waals surface area contributed by atoms with E-state index in [1.807, 2.05) is 11.4 Å². The van der Waals surface area contributed by atoms with Crippen molar-refractivity contribution in [3.05, 3.63) is 34.3 Å². The van der Waals surface area contributed by atoms with Crippen molar-refractivity contribution in [2.24, 2.45) is 5.92 Å². The lowest BCUT2D eigenvalue weighted by Crippen LogP contribution is -2.52. The van der Waals surface area contributed by atoms with E-state index in [1.165, 1.54) is 25.1 Å². The van der Waals surface area contributed by atoms with Crippen LogP contribution in [-0.4, -0.2) is 35.1 Å². The molecule has 7 nitrogen and oxygen atoms in total. The second-order valence-corrected chi connectivity index (χ2v) is 5.64. The van der Waals surface area contributed by atoms with Crippen molar-refractivity contribution in [1.82, 2.24) is 5.32 Å². The van der Waals surface area contributed by atoms with Crippen LogP contribution in [0.2, 0.25) is 5.02 Å². The first-order chi connectivity index (χ1) is 10.7. The van der Waals surface area contributed by atoms with Crippen LogP contribution >= 0.6 is 11.6 Å². The van der Waals surface area contributed by atoms with E-state index < -0.39 is 41.3 Å². The van der Waals surface area contributed by atoms with Gasteiger partial charge in [0.05, 0.1) is 6.07 Å². The van der Waals surface area contributed by atoms with Gasteiger partial charge in [0.25, 0.3) is 0 Å². The Hall–Kier alpha value is -2.72. The molecule has 2 atom stereocenters. The Kier molecular flexibility index (Phi) is 4.21. The molecule has 1 aromatic carbocycles. The summed E-state index contributed by atoms with van der Waals surface area (Å²) in [4.78, 5) is 47.6. The standard InChI is InChI=1S/C15H11ClN2O5/c1-15(6-17)9-4-7(16)2-3-8(9)12(21)11(13(15)22)14(23)18-5-10(19)20/h2-4,11H,5H2,1H3,(H,18,23)(H,19,20)/t11?,15-/m0/s1. The number of nitriles is 1. The Morgan fingerprint density at radius 3 is 2.65 bits per heavy atom. The molecule has 0 aliphatic heterocycles. The molecule has 1 aliphatic rings. The number of ketones is 2. The van der Waals surface area contributed by atoms with Gasteiger partial charge in [0.15, 0.2) is 17.5 Å². The minimum atomic E-state index is -1.76. The summed E-state index contributed by atoms with van der Waals surface area (Å²) in [6.45, 7) is 0.570. The fourth-order valence-corrected chi connectivity index (χ4v) is 2.63. The first-order valence-corrected chi connectivity index (χ1v) is 6.89. The van der Waals surface area contributed by atoms with Crippen LogP contribution in [0.15, 0.2) is 18.2 Å². The highest BCUT2D eigenvalue weighted by molar-refractivity contribution is 6.32. The van der Waals surface area contributed by atoms with Gasteiger partial charge in [-0.2, -0.15) is 5.26 Å². The number of carboxylic acid groups (broad SMARTS) is 1. The monoisotopic (exact) mass is 334 g/mol.